The number of methoxy groups -OCH3 is 2. The normalized spacial score (nSPS) is 10.0. The number of ether oxygens (including phenoxy) is 2. The van der Waals surface area contributed by atoms with Crippen molar-refractivity contribution in [1.82, 2.24) is 0 Å². The predicted octanol–water partition coefficient (Wildman–Crippen LogP) is 3.42. The lowest BCUT2D eigenvalue weighted by atomic mass is 10.1. The summed E-state index contributed by atoms with van der Waals surface area (Å²) in [6, 6.07) is 9.24. The van der Waals surface area contributed by atoms with Crippen LogP contribution in [0, 0.1) is 0 Å². The highest BCUT2D eigenvalue weighted by molar-refractivity contribution is 9.10. The summed E-state index contributed by atoms with van der Waals surface area (Å²) in [6.07, 6.45) is 0. The number of carbonyl (C=O) groups excluding carboxylic acids is 1. The third-order valence-corrected chi connectivity index (χ3v) is 3.59. The lowest BCUT2D eigenvalue weighted by Crippen LogP contribution is -2.14. The molecule has 0 radical (unpaired) electrons. The molecule has 0 aliphatic heterocycles. The van der Waals surface area contributed by atoms with Gasteiger partial charge >= 0.3 is 5.97 Å². The number of carbonyl (C=O) groups is 2. The molecule has 2 N–H and O–H groups in total. The van der Waals surface area contributed by atoms with E-state index >= 15 is 0 Å². The van der Waals surface area contributed by atoms with Gasteiger partial charge < -0.3 is 19.9 Å². The molecule has 2 rings (SSSR count). The highest BCUT2D eigenvalue weighted by Crippen LogP contribution is 2.28. The summed E-state index contributed by atoms with van der Waals surface area (Å²) < 4.78 is 11.0. The summed E-state index contributed by atoms with van der Waals surface area (Å²) in [6.45, 7) is 0. The van der Waals surface area contributed by atoms with Crippen molar-refractivity contribution in [3.63, 3.8) is 0 Å². The van der Waals surface area contributed by atoms with Crippen LogP contribution < -0.4 is 14.8 Å². The van der Waals surface area contributed by atoms with E-state index in [1.165, 1.54) is 32.4 Å². The molecule has 2 aromatic carbocycles. The molecule has 120 valence electrons. The van der Waals surface area contributed by atoms with Gasteiger partial charge in [-0.3, -0.25) is 4.79 Å². The molecule has 23 heavy (non-hydrogen) atoms. The van der Waals surface area contributed by atoms with Crippen molar-refractivity contribution >= 4 is 33.5 Å². The van der Waals surface area contributed by atoms with Crippen molar-refractivity contribution in [3.05, 3.63) is 52.0 Å². The number of halogens is 1. The van der Waals surface area contributed by atoms with E-state index in [0.29, 0.717) is 17.1 Å². The van der Waals surface area contributed by atoms with E-state index in [9.17, 15) is 9.59 Å². The van der Waals surface area contributed by atoms with Gasteiger partial charge in [-0.05, 0) is 36.4 Å². The maximum absolute atomic E-state index is 12.5. The number of rotatable bonds is 5. The monoisotopic (exact) mass is 379 g/mol. The molecular weight excluding hydrogens is 366 g/mol. The van der Waals surface area contributed by atoms with Gasteiger partial charge in [0, 0.05) is 4.47 Å². The standard InChI is InChI=1S/C16H14BrNO5/c1-22-13-6-4-10(17)8-11(13)15(19)18-12-7-9(16(20)21)3-5-14(12)23-2/h3-8H,1-2H3,(H,18,19)(H,20,21). The van der Waals surface area contributed by atoms with Crippen LogP contribution in [-0.2, 0) is 0 Å². The number of hydrogen-bond acceptors (Lipinski definition) is 4. The second-order valence-electron chi connectivity index (χ2n) is 4.52. The van der Waals surface area contributed by atoms with Crippen LogP contribution in [0.4, 0.5) is 5.69 Å². The highest BCUT2D eigenvalue weighted by atomic mass is 79.9. The quantitative estimate of drug-likeness (QED) is 0.831. The fourth-order valence-electron chi connectivity index (χ4n) is 1.99. The Hall–Kier alpha value is -2.54. The molecule has 7 heteroatoms. The first-order chi connectivity index (χ1) is 11.0. The molecule has 0 unspecified atom stereocenters. The fraction of sp³-hybridized carbons (Fsp3) is 0.125. The Morgan fingerprint density at radius 3 is 2.30 bits per heavy atom. The average Bonchev–Trinajstić information content (AvgIpc) is 2.54. The Balaban J connectivity index is 2.38. The van der Waals surface area contributed by atoms with Crippen LogP contribution in [0.15, 0.2) is 40.9 Å². The number of carboxylic acid groups (broad SMARTS) is 1. The van der Waals surface area contributed by atoms with Crippen LogP contribution in [0.3, 0.4) is 0 Å². The number of carboxylic acids is 1. The minimum atomic E-state index is -1.09. The van der Waals surface area contributed by atoms with E-state index in [2.05, 4.69) is 21.2 Å². The van der Waals surface area contributed by atoms with E-state index in [1.54, 1.807) is 18.2 Å². The third-order valence-electron chi connectivity index (χ3n) is 3.10. The first-order valence-corrected chi connectivity index (χ1v) is 7.31. The number of amides is 1. The largest absolute Gasteiger partial charge is 0.496 e. The molecular formula is C16H14BrNO5. The van der Waals surface area contributed by atoms with Crippen molar-refractivity contribution in [2.45, 2.75) is 0 Å². The lowest BCUT2D eigenvalue weighted by molar-refractivity contribution is 0.0696. The van der Waals surface area contributed by atoms with Crippen molar-refractivity contribution in [2.75, 3.05) is 19.5 Å². The molecule has 0 heterocycles. The molecule has 0 bridgehead atoms. The summed E-state index contributed by atoms with van der Waals surface area (Å²) in [5, 5.41) is 11.7. The Morgan fingerprint density at radius 1 is 1.04 bits per heavy atom. The van der Waals surface area contributed by atoms with Crippen LogP contribution >= 0.6 is 15.9 Å². The first kappa shape index (κ1) is 16.8. The van der Waals surface area contributed by atoms with Crippen molar-refractivity contribution in [3.8, 4) is 11.5 Å². The van der Waals surface area contributed by atoms with E-state index in [0.717, 1.165) is 4.47 Å². The molecule has 0 saturated heterocycles. The minimum absolute atomic E-state index is 0.0438. The van der Waals surface area contributed by atoms with Gasteiger partial charge in [0.25, 0.3) is 5.91 Å². The summed E-state index contributed by atoms with van der Waals surface area (Å²) >= 11 is 3.30. The smallest absolute Gasteiger partial charge is 0.335 e. The van der Waals surface area contributed by atoms with Gasteiger partial charge in [0.15, 0.2) is 0 Å². The summed E-state index contributed by atoms with van der Waals surface area (Å²) in [7, 11) is 2.90. The van der Waals surface area contributed by atoms with Gasteiger partial charge in [-0.25, -0.2) is 4.79 Å². The van der Waals surface area contributed by atoms with Gasteiger partial charge in [0.1, 0.15) is 11.5 Å². The van der Waals surface area contributed by atoms with Crippen LogP contribution in [0.2, 0.25) is 0 Å². The fourth-order valence-corrected chi connectivity index (χ4v) is 2.35. The molecule has 1 amide bonds. The number of nitrogens with one attached hydrogen (secondary N) is 1. The van der Waals surface area contributed by atoms with Gasteiger partial charge in [0.05, 0.1) is 31.0 Å². The number of aromatic carboxylic acids is 1. The Bertz CT molecular complexity index is 760. The zero-order valence-corrected chi connectivity index (χ0v) is 14.0. The zero-order chi connectivity index (χ0) is 17.0. The molecule has 0 atom stereocenters. The highest BCUT2D eigenvalue weighted by Gasteiger charge is 2.16. The molecule has 0 fully saturated rings. The van der Waals surface area contributed by atoms with Crippen molar-refractivity contribution in [1.29, 1.82) is 0 Å². The molecule has 0 aliphatic carbocycles. The molecule has 0 aromatic heterocycles. The zero-order valence-electron chi connectivity index (χ0n) is 12.4. The van der Waals surface area contributed by atoms with Gasteiger partial charge in [-0.2, -0.15) is 0 Å². The number of anilines is 1. The molecule has 0 aliphatic rings. The van der Waals surface area contributed by atoms with Crippen molar-refractivity contribution in [2.24, 2.45) is 0 Å². The maximum atomic E-state index is 12.5. The number of benzene rings is 2. The van der Waals surface area contributed by atoms with Gasteiger partial charge in [-0.15, -0.1) is 0 Å². The van der Waals surface area contributed by atoms with E-state index < -0.39 is 11.9 Å². The van der Waals surface area contributed by atoms with Gasteiger partial charge in [-0.1, -0.05) is 15.9 Å². The second kappa shape index (κ2) is 7.15. The predicted molar refractivity (Wildman–Crippen MR) is 88.6 cm³/mol. The Kier molecular flexibility index (Phi) is 5.23. The number of hydrogen-bond donors (Lipinski definition) is 2. The van der Waals surface area contributed by atoms with Crippen LogP contribution in [0.1, 0.15) is 20.7 Å². The first-order valence-electron chi connectivity index (χ1n) is 6.52. The molecule has 0 spiro atoms. The van der Waals surface area contributed by atoms with E-state index in [1.807, 2.05) is 0 Å². The Labute approximate surface area is 141 Å². The van der Waals surface area contributed by atoms with Gasteiger partial charge in [0.2, 0.25) is 0 Å². The van der Waals surface area contributed by atoms with E-state index in [4.69, 9.17) is 14.6 Å². The van der Waals surface area contributed by atoms with Crippen LogP contribution in [-0.4, -0.2) is 31.2 Å². The lowest BCUT2D eigenvalue weighted by Gasteiger charge is -2.13. The summed E-state index contributed by atoms with van der Waals surface area (Å²) in [5.41, 5.74) is 0.617. The molecule has 2 aromatic rings. The molecule has 0 saturated carbocycles. The average molecular weight is 380 g/mol. The van der Waals surface area contributed by atoms with Crippen LogP contribution in [0.25, 0.3) is 0 Å². The summed E-state index contributed by atoms with van der Waals surface area (Å²) in [4.78, 5) is 23.6. The minimum Gasteiger partial charge on any atom is -0.496 e. The van der Waals surface area contributed by atoms with Crippen molar-refractivity contribution < 1.29 is 24.2 Å². The topological polar surface area (TPSA) is 84.9 Å². The maximum Gasteiger partial charge on any atom is 0.335 e. The molecule has 6 nitrogen and oxygen atoms in total. The second-order valence-corrected chi connectivity index (χ2v) is 5.43. The SMILES string of the molecule is COc1ccc(C(=O)O)cc1NC(=O)c1cc(Br)ccc1OC. The third kappa shape index (κ3) is 3.81. The van der Waals surface area contributed by atoms with Crippen LogP contribution in [0.5, 0.6) is 11.5 Å². The summed E-state index contributed by atoms with van der Waals surface area (Å²) in [5.74, 6) is -0.774. The Morgan fingerprint density at radius 2 is 1.70 bits per heavy atom. The van der Waals surface area contributed by atoms with E-state index in [-0.39, 0.29) is 11.3 Å².